The zero-order chi connectivity index (χ0) is 6.85. The summed E-state index contributed by atoms with van der Waals surface area (Å²) < 4.78 is 10.6. The molecule has 2 atom stereocenters. The van der Waals surface area contributed by atoms with Gasteiger partial charge in [-0.2, -0.15) is 0 Å². The van der Waals surface area contributed by atoms with Crippen molar-refractivity contribution in [3.05, 3.63) is 0 Å². The van der Waals surface area contributed by atoms with Crippen LogP contribution in [0.1, 0.15) is 13.8 Å². The van der Waals surface area contributed by atoms with Crippen LogP contribution in [0, 0.1) is 0 Å². The van der Waals surface area contributed by atoms with Crippen molar-refractivity contribution in [2.75, 3.05) is 6.61 Å². The molecule has 1 rings (SSSR count). The third kappa shape index (κ3) is 1.92. The molecule has 1 heterocycles. The Labute approximate surface area is 58.6 Å². The lowest BCUT2D eigenvalue weighted by Gasteiger charge is -2.06. The molecule has 0 spiro atoms. The Bertz CT molecular complexity index is 99.0. The van der Waals surface area contributed by atoms with Gasteiger partial charge in [-0.25, -0.2) is 0 Å². The van der Waals surface area contributed by atoms with Gasteiger partial charge in [-0.3, -0.25) is 0 Å². The van der Waals surface area contributed by atoms with Crippen LogP contribution in [0.4, 0.5) is 0 Å². The first kappa shape index (κ1) is 7.52. The standard InChI is InChI=1S/C5H12BO2P/c1-4(2)6-7-3-5(9)8-6/h4-5H,3,9H2,1-2H3. The highest BCUT2D eigenvalue weighted by Crippen LogP contribution is 2.21. The van der Waals surface area contributed by atoms with Crippen LogP contribution in [0.5, 0.6) is 0 Å². The predicted molar refractivity (Wildman–Crippen MR) is 41.4 cm³/mol. The smallest absolute Gasteiger partial charge is 0.408 e. The van der Waals surface area contributed by atoms with Gasteiger partial charge >= 0.3 is 7.12 Å². The number of rotatable bonds is 1. The lowest BCUT2D eigenvalue weighted by Crippen LogP contribution is -2.18. The second kappa shape index (κ2) is 3.00. The largest absolute Gasteiger partial charge is 0.460 e. The molecule has 0 amide bonds. The van der Waals surface area contributed by atoms with Gasteiger partial charge in [0.05, 0.1) is 12.5 Å². The van der Waals surface area contributed by atoms with Crippen molar-refractivity contribution in [2.24, 2.45) is 0 Å². The summed E-state index contributed by atoms with van der Waals surface area (Å²) in [6.07, 6.45) is 0. The Morgan fingerprint density at radius 1 is 1.67 bits per heavy atom. The minimum absolute atomic E-state index is 0.0208. The molecule has 4 heteroatoms. The van der Waals surface area contributed by atoms with Crippen LogP contribution >= 0.6 is 9.24 Å². The third-order valence-corrected chi connectivity index (χ3v) is 1.63. The summed E-state index contributed by atoms with van der Waals surface area (Å²) >= 11 is 0. The van der Waals surface area contributed by atoms with Crippen LogP contribution in [0.3, 0.4) is 0 Å². The van der Waals surface area contributed by atoms with Gasteiger partial charge in [0.25, 0.3) is 0 Å². The second-order valence-corrected chi connectivity index (χ2v) is 3.36. The van der Waals surface area contributed by atoms with Gasteiger partial charge in [0.2, 0.25) is 0 Å². The molecule has 0 bridgehead atoms. The van der Waals surface area contributed by atoms with Gasteiger partial charge in [-0.15, -0.1) is 9.24 Å². The fourth-order valence-electron chi connectivity index (χ4n) is 0.790. The maximum Gasteiger partial charge on any atom is 0.460 e. The van der Waals surface area contributed by atoms with Gasteiger partial charge in [0.15, 0.2) is 0 Å². The molecule has 0 aliphatic carbocycles. The average molecular weight is 146 g/mol. The van der Waals surface area contributed by atoms with Crippen molar-refractivity contribution < 1.29 is 9.31 Å². The monoisotopic (exact) mass is 146 g/mol. The van der Waals surface area contributed by atoms with Crippen molar-refractivity contribution >= 4 is 16.4 Å². The van der Waals surface area contributed by atoms with E-state index in [1.54, 1.807) is 0 Å². The molecule has 1 aliphatic rings. The summed E-state index contributed by atoms with van der Waals surface area (Å²) in [5.74, 6) is 0.674. The fraction of sp³-hybridized carbons (Fsp3) is 1.00. The molecular weight excluding hydrogens is 134 g/mol. The van der Waals surface area contributed by atoms with Crippen LogP contribution in [0.15, 0.2) is 0 Å². The molecule has 0 aromatic rings. The quantitative estimate of drug-likeness (QED) is 0.407. The topological polar surface area (TPSA) is 18.5 Å². The van der Waals surface area contributed by atoms with E-state index < -0.39 is 0 Å². The van der Waals surface area contributed by atoms with Gasteiger partial charge in [-0.1, -0.05) is 13.8 Å². The SMILES string of the molecule is CC(C)B1OCC(P)O1. The minimum atomic E-state index is 0.0208. The average Bonchev–Trinajstić information content (AvgIpc) is 2.14. The summed E-state index contributed by atoms with van der Waals surface area (Å²) in [6.45, 7) is 4.90. The fourth-order valence-corrected chi connectivity index (χ4v) is 1.06. The van der Waals surface area contributed by atoms with Crippen LogP contribution in [0.25, 0.3) is 0 Å². The molecule has 1 fully saturated rings. The lowest BCUT2D eigenvalue weighted by molar-refractivity contribution is 0.327. The minimum Gasteiger partial charge on any atom is -0.408 e. The summed E-state index contributed by atoms with van der Waals surface area (Å²) in [5.41, 5.74) is 0. The van der Waals surface area contributed by atoms with E-state index in [1.807, 2.05) is 0 Å². The van der Waals surface area contributed by atoms with E-state index in [0.29, 0.717) is 12.4 Å². The Morgan fingerprint density at radius 3 is 2.56 bits per heavy atom. The molecular formula is C5H12BO2P. The number of hydrogen-bond donors (Lipinski definition) is 0. The molecule has 52 valence electrons. The van der Waals surface area contributed by atoms with E-state index >= 15 is 0 Å². The van der Waals surface area contributed by atoms with E-state index in [-0.39, 0.29) is 13.0 Å². The highest BCUT2D eigenvalue weighted by Gasteiger charge is 2.31. The number of hydrogen-bond acceptors (Lipinski definition) is 2. The van der Waals surface area contributed by atoms with Crippen LogP contribution in [-0.2, 0) is 9.31 Å². The van der Waals surface area contributed by atoms with Gasteiger partial charge < -0.3 is 9.31 Å². The van der Waals surface area contributed by atoms with Crippen molar-refractivity contribution in [1.29, 1.82) is 0 Å². The maximum absolute atomic E-state index is 5.36. The van der Waals surface area contributed by atoms with Crippen molar-refractivity contribution in [1.82, 2.24) is 0 Å². The van der Waals surface area contributed by atoms with Crippen molar-refractivity contribution in [2.45, 2.75) is 25.5 Å². The molecule has 9 heavy (non-hydrogen) atoms. The van der Waals surface area contributed by atoms with E-state index in [1.165, 1.54) is 0 Å². The molecule has 0 saturated carbocycles. The van der Waals surface area contributed by atoms with Gasteiger partial charge in [0.1, 0.15) is 0 Å². The second-order valence-electron chi connectivity index (χ2n) is 2.62. The van der Waals surface area contributed by atoms with Crippen LogP contribution in [0.2, 0.25) is 5.82 Å². The van der Waals surface area contributed by atoms with Crippen LogP contribution in [-0.4, -0.2) is 19.6 Å². The molecule has 2 nitrogen and oxygen atoms in total. The first-order chi connectivity index (χ1) is 4.20. The molecule has 1 aliphatic heterocycles. The van der Waals surface area contributed by atoms with Crippen molar-refractivity contribution in [3.63, 3.8) is 0 Å². The van der Waals surface area contributed by atoms with E-state index in [9.17, 15) is 0 Å². The van der Waals surface area contributed by atoms with E-state index in [2.05, 4.69) is 23.1 Å². The van der Waals surface area contributed by atoms with Gasteiger partial charge in [-0.05, 0) is 5.82 Å². The first-order valence-electron chi connectivity index (χ1n) is 3.23. The van der Waals surface area contributed by atoms with E-state index in [4.69, 9.17) is 9.31 Å². The molecule has 2 unspecified atom stereocenters. The Hall–Kier alpha value is 0.415. The highest BCUT2D eigenvalue weighted by molar-refractivity contribution is 7.17. The first-order valence-corrected chi connectivity index (χ1v) is 3.89. The lowest BCUT2D eigenvalue weighted by atomic mass is 9.75. The third-order valence-electron chi connectivity index (χ3n) is 1.28. The summed E-state index contributed by atoms with van der Waals surface area (Å²) in [6, 6.07) is 0. The summed E-state index contributed by atoms with van der Waals surface area (Å²) in [5, 5.41) is 0. The van der Waals surface area contributed by atoms with E-state index in [0.717, 1.165) is 0 Å². The van der Waals surface area contributed by atoms with Crippen molar-refractivity contribution in [3.8, 4) is 0 Å². The summed E-state index contributed by atoms with van der Waals surface area (Å²) in [7, 11) is 2.62. The maximum atomic E-state index is 5.36. The predicted octanol–water partition coefficient (Wildman–Crippen LogP) is 1.13. The molecule has 0 radical (unpaired) electrons. The highest BCUT2D eigenvalue weighted by atomic mass is 31.0. The molecule has 0 aromatic heterocycles. The normalized spacial score (nSPS) is 28.0. The Morgan fingerprint density at radius 2 is 2.33 bits per heavy atom. The Kier molecular flexibility index (Phi) is 2.51. The molecule has 1 saturated heterocycles. The molecule has 0 aromatic carbocycles. The van der Waals surface area contributed by atoms with Gasteiger partial charge in [0, 0.05) is 0 Å². The zero-order valence-corrected chi connectivity index (χ0v) is 6.99. The Balaban J connectivity index is 2.30. The summed E-state index contributed by atoms with van der Waals surface area (Å²) in [4.78, 5) is 0. The van der Waals surface area contributed by atoms with Crippen LogP contribution < -0.4 is 0 Å². The molecule has 0 N–H and O–H groups in total. The zero-order valence-electron chi connectivity index (χ0n) is 5.83.